The maximum atomic E-state index is 5.82. The number of fused-ring (bicyclic) bond motifs is 1. The van der Waals surface area contributed by atoms with Crippen LogP contribution in [0.25, 0.3) is 0 Å². The Hall–Kier alpha value is -1.52. The molecule has 1 aromatic heterocycles. The lowest BCUT2D eigenvalue weighted by Crippen LogP contribution is -2.30. The first kappa shape index (κ1) is 16.3. The van der Waals surface area contributed by atoms with Gasteiger partial charge in [-0.1, -0.05) is 6.92 Å². The summed E-state index contributed by atoms with van der Waals surface area (Å²) in [4.78, 5) is 2.82. The van der Waals surface area contributed by atoms with Gasteiger partial charge in [-0.15, -0.1) is 11.3 Å². The molecule has 1 unspecified atom stereocenters. The number of nitrogens with one attached hydrogen (secondary N) is 1. The Morgan fingerprint density at radius 2 is 1.83 bits per heavy atom. The van der Waals surface area contributed by atoms with Gasteiger partial charge in [0, 0.05) is 16.3 Å². The molecule has 0 bridgehead atoms. The van der Waals surface area contributed by atoms with E-state index in [2.05, 4.69) is 36.5 Å². The molecule has 2 heterocycles. The number of hydrogen-bond acceptors (Lipinski definition) is 4. The number of thiophene rings is 1. The predicted octanol–water partition coefficient (Wildman–Crippen LogP) is 4.34. The summed E-state index contributed by atoms with van der Waals surface area (Å²) >= 11 is 1.90. The molecule has 0 spiro atoms. The van der Waals surface area contributed by atoms with E-state index in [1.807, 2.05) is 25.2 Å². The van der Waals surface area contributed by atoms with E-state index in [-0.39, 0.29) is 6.04 Å². The van der Waals surface area contributed by atoms with Crippen LogP contribution in [-0.2, 0) is 12.8 Å². The molecule has 4 heteroatoms. The van der Waals surface area contributed by atoms with Crippen molar-refractivity contribution in [2.24, 2.45) is 0 Å². The lowest BCUT2D eigenvalue weighted by atomic mass is 9.92. The fourth-order valence-corrected chi connectivity index (χ4v) is 4.14. The van der Waals surface area contributed by atoms with Crippen LogP contribution in [0.3, 0.4) is 0 Å². The van der Waals surface area contributed by atoms with Crippen molar-refractivity contribution < 1.29 is 9.47 Å². The van der Waals surface area contributed by atoms with Gasteiger partial charge in [0.25, 0.3) is 0 Å². The summed E-state index contributed by atoms with van der Waals surface area (Å²) in [6, 6.07) is 9.11. The zero-order valence-corrected chi connectivity index (χ0v) is 15.0. The molecule has 1 aromatic carbocycles. The largest absolute Gasteiger partial charge is 0.490 e. The van der Waals surface area contributed by atoms with Crippen molar-refractivity contribution in [1.82, 2.24) is 5.32 Å². The monoisotopic (exact) mass is 331 g/mol. The van der Waals surface area contributed by atoms with Crippen LogP contribution in [0.4, 0.5) is 0 Å². The molecule has 1 N–H and O–H groups in total. The summed E-state index contributed by atoms with van der Waals surface area (Å²) in [5.74, 6) is 1.73. The lowest BCUT2D eigenvalue weighted by molar-refractivity contribution is 0.286. The van der Waals surface area contributed by atoms with Crippen molar-refractivity contribution in [3.05, 3.63) is 45.1 Å². The number of ether oxygens (including phenoxy) is 2. The van der Waals surface area contributed by atoms with Crippen molar-refractivity contribution in [2.75, 3.05) is 19.8 Å². The highest BCUT2D eigenvalue weighted by Gasteiger charge is 2.25. The molecule has 0 saturated carbocycles. The van der Waals surface area contributed by atoms with Crippen LogP contribution in [0, 0.1) is 0 Å². The smallest absolute Gasteiger partial charge is 0.161 e. The van der Waals surface area contributed by atoms with Crippen molar-refractivity contribution >= 4 is 11.3 Å². The second kappa shape index (κ2) is 7.37. The summed E-state index contributed by atoms with van der Waals surface area (Å²) in [6.45, 7) is 8.53. The molecule has 1 atom stereocenters. The van der Waals surface area contributed by atoms with Crippen LogP contribution in [0.1, 0.15) is 47.7 Å². The Kier molecular flexibility index (Phi) is 5.23. The highest BCUT2D eigenvalue weighted by atomic mass is 32.1. The first-order valence-electron chi connectivity index (χ1n) is 8.51. The Morgan fingerprint density at radius 1 is 1.09 bits per heavy atom. The fourth-order valence-electron chi connectivity index (χ4n) is 3.09. The molecule has 2 aromatic rings. The third-order valence-corrected chi connectivity index (χ3v) is 5.47. The highest BCUT2D eigenvalue weighted by Crippen LogP contribution is 2.39. The summed E-state index contributed by atoms with van der Waals surface area (Å²) in [5.41, 5.74) is 2.69. The molecule has 0 fully saturated rings. The van der Waals surface area contributed by atoms with Gasteiger partial charge in [-0.25, -0.2) is 0 Å². The molecular formula is C19H25NO2S. The van der Waals surface area contributed by atoms with Crippen molar-refractivity contribution in [1.29, 1.82) is 0 Å². The Labute approximate surface area is 142 Å². The van der Waals surface area contributed by atoms with E-state index >= 15 is 0 Å². The van der Waals surface area contributed by atoms with Gasteiger partial charge in [-0.05, 0) is 62.1 Å². The molecule has 124 valence electrons. The maximum Gasteiger partial charge on any atom is 0.161 e. The van der Waals surface area contributed by atoms with E-state index in [4.69, 9.17) is 9.47 Å². The number of hydrogen-bond donors (Lipinski definition) is 1. The molecule has 1 aliphatic heterocycles. The molecule has 3 rings (SSSR count). The zero-order valence-electron chi connectivity index (χ0n) is 14.1. The first-order valence-corrected chi connectivity index (χ1v) is 9.32. The van der Waals surface area contributed by atoms with Crippen LogP contribution >= 0.6 is 11.3 Å². The molecule has 23 heavy (non-hydrogen) atoms. The molecule has 1 aliphatic rings. The molecule has 3 nitrogen and oxygen atoms in total. The molecule has 0 radical (unpaired) electrons. The summed E-state index contributed by atoms with van der Waals surface area (Å²) < 4.78 is 11.6. The summed E-state index contributed by atoms with van der Waals surface area (Å²) in [7, 11) is 0. The Bertz CT molecular complexity index is 665. The van der Waals surface area contributed by atoms with Gasteiger partial charge >= 0.3 is 0 Å². The first-order chi connectivity index (χ1) is 11.3. The van der Waals surface area contributed by atoms with E-state index < -0.39 is 0 Å². The second-order valence-electron chi connectivity index (χ2n) is 5.66. The van der Waals surface area contributed by atoms with Crippen molar-refractivity contribution in [3.63, 3.8) is 0 Å². The van der Waals surface area contributed by atoms with E-state index in [0.717, 1.165) is 30.9 Å². The minimum absolute atomic E-state index is 0.263. The number of rotatable bonds is 6. The maximum absolute atomic E-state index is 5.82. The van der Waals surface area contributed by atoms with Gasteiger partial charge in [0.1, 0.15) is 0 Å². The lowest BCUT2D eigenvalue weighted by Gasteiger charge is -2.28. The van der Waals surface area contributed by atoms with Crippen LogP contribution in [-0.4, -0.2) is 19.8 Å². The second-order valence-corrected chi connectivity index (χ2v) is 6.86. The van der Waals surface area contributed by atoms with Crippen LogP contribution in [0.15, 0.2) is 24.3 Å². The van der Waals surface area contributed by atoms with Crippen molar-refractivity contribution in [2.45, 2.75) is 39.7 Å². The van der Waals surface area contributed by atoms with Gasteiger partial charge in [0.2, 0.25) is 0 Å². The van der Waals surface area contributed by atoms with Gasteiger partial charge in [0.15, 0.2) is 11.5 Å². The molecular weight excluding hydrogens is 306 g/mol. The molecule has 0 amide bonds. The van der Waals surface area contributed by atoms with Crippen LogP contribution < -0.4 is 14.8 Å². The average molecular weight is 331 g/mol. The SMILES string of the molecule is CCOc1cc2c(cc1OCC)C(c1ccc(CC)s1)NCC2. The minimum Gasteiger partial charge on any atom is -0.490 e. The summed E-state index contributed by atoms with van der Waals surface area (Å²) in [6.07, 6.45) is 2.13. The van der Waals surface area contributed by atoms with Crippen LogP contribution in [0.2, 0.25) is 0 Å². The quantitative estimate of drug-likeness (QED) is 0.854. The predicted molar refractivity (Wildman–Crippen MR) is 96.0 cm³/mol. The number of aryl methyl sites for hydroxylation is 1. The van der Waals surface area contributed by atoms with E-state index in [1.54, 1.807) is 0 Å². The minimum atomic E-state index is 0.263. The van der Waals surface area contributed by atoms with E-state index in [0.29, 0.717) is 13.2 Å². The van der Waals surface area contributed by atoms with Crippen molar-refractivity contribution in [3.8, 4) is 11.5 Å². The Morgan fingerprint density at radius 3 is 2.48 bits per heavy atom. The topological polar surface area (TPSA) is 30.5 Å². The van der Waals surface area contributed by atoms with Crippen LogP contribution in [0.5, 0.6) is 11.5 Å². The van der Waals surface area contributed by atoms with Gasteiger partial charge in [0.05, 0.1) is 19.3 Å². The normalized spacial score (nSPS) is 16.9. The van der Waals surface area contributed by atoms with Gasteiger partial charge in [-0.3, -0.25) is 0 Å². The Balaban J connectivity index is 2.01. The van der Waals surface area contributed by atoms with Gasteiger partial charge in [-0.2, -0.15) is 0 Å². The van der Waals surface area contributed by atoms with E-state index in [1.165, 1.54) is 20.9 Å². The standard InChI is InChI=1S/C19H25NO2S/c1-4-14-7-8-18(23-14)19-15-12-17(22-6-3)16(21-5-2)11-13(15)9-10-20-19/h7-8,11-12,19-20H,4-6,9-10H2,1-3H3. The fraction of sp³-hybridized carbons (Fsp3) is 0.474. The van der Waals surface area contributed by atoms with E-state index in [9.17, 15) is 0 Å². The molecule has 0 aliphatic carbocycles. The third kappa shape index (κ3) is 3.38. The average Bonchev–Trinajstić information content (AvgIpc) is 3.04. The number of benzene rings is 1. The summed E-state index contributed by atoms with van der Waals surface area (Å²) in [5, 5.41) is 3.66. The third-order valence-electron chi connectivity index (χ3n) is 4.17. The van der Waals surface area contributed by atoms with Gasteiger partial charge < -0.3 is 14.8 Å². The zero-order chi connectivity index (χ0) is 16.2. The highest BCUT2D eigenvalue weighted by molar-refractivity contribution is 7.12. The molecule has 0 saturated heterocycles.